The summed E-state index contributed by atoms with van der Waals surface area (Å²) in [5.41, 5.74) is 3.18. The molecule has 0 aliphatic rings. The van der Waals surface area contributed by atoms with E-state index in [-0.39, 0.29) is 12.5 Å². The van der Waals surface area contributed by atoms with Gasteiger partial charge in [0, 0.05) is 13.1 Å². The Bertz CT molecular complexity index is 783. The van der Waals surface area contributed by atoms with Gasteiger partial charge in [0.05, 0.1) is 24.0 Å². The molecule has 0 unspecified atom stereocenters. The van der Waals surface area contributed by atoms with E-state index in [0.29, 0.717) is 13.2 Å². The van der Waals surface area contributed by atoms with Gasteiger partial charge in [-0.2, -0.15) is 0 Å². The van der Waals surface area contributed by atoms with Crippen LogP contribution < -0.4 is 5.32 Å². The van der Waals surface area contributed by atoms with Gasteiger partial charge in [0.2, 0.25) is 5.91 Å². The summed E-state index contributed by atoms with van der Waals surface area (Å²) in [6.07, 6.45) is 2.69. The van der Waals surface area contributed by atoms with E-state index in [0.717, 1.165) is 29.6 Å². The van der Waals surface area contributed by atoms with Crippen molar-refractivity contribution in [2.24, 2.45) is 0 Å². The minimum absolute atomic E-state index is 0.0820. The Balaban J connectivity index is 1.33. The molecule has 0 atom stereocenters. The minimum atomic E-state index is -0.0820. The minimum Gasteiger partial charge on any atom is -0.367 e. The number of carbonyl (C=O) groups is 1. The van der Waals surface area contributed by atoms with Gasteiger partial charge in [0.25, 0.3) is 0 Å². The summed E-state index contributed by atoms with van der Waals surface area (Å²) in [6, 6.07) is 17.9. The second-order valence-electron chi connectivity index (χ2n) is 5.61. The molecule has 0 radical (unpaired) electrons. The molecule has 24 heavy (non-hydrogen) atoms. The quantitative estimate of drug-likeness (QED) is 0.649. The summed E-state index contributed by atoms with van der Waals surface area (Å²) in [4.78, 5) is 16.1. The van der Waals surface area contributed by atoms with Crippen LogP contribution in [-0.4, -0.2) is 28.6 Å². The first kappa shape index (κ1) is 16.2. The third-order valence-corrected chi connectivity index (χ3v) is 3.77. The first-order chi connectivity index (χ1) is 11.8. The van der Waals surface area contributed by atoms with Crippen LogP contribution in [0.1, 0.15) is 12.0 Å². The van der Waals surface area contributed by atoms with E-state index in [1.54, 1.807) is 0 Å². The zero-order valence-corrected chi connectivity index (χ0v) is 13.5. The second-order valence-corrected chi connectivity index (χ2v) is 5.61. The number of hydrogen-bond donors (Lipinski definition) is 1. The number of aromatic nitrogens is 2. The van der Waals surface area contributed by atoms with Gasteiger partial charge in [-0.15, -0.1) is 0 Å². The van der Waals surface area contributed by atoms with Crippen LogP contribution in [0.2, 0.25) is 0 Å². The van der Waals surface area contributed by atoms with Crippen LogP contribution in [0.25, 0.3) is 11.0 Å². The molecular weight excluding hydrogens is 302 g/mol. The van der Waals surface area contributed by atoms with Gasteiger partial charge in [-0.1, -0.05) is 42.5 Å². The molecule has 0 saturated heterocycles. The van der Waals surface area contributed by atoms with Gasteiger partial charge in [0.15, 0.2) is 0 Å². The Labute approximate surface area is 141 Å². The van der Waals surface area contributed by atoms with E-state index in [4.69, 9.17) is 4.74 Å². The summed E-state index contributed by atoms with van der Waals surface area (Å²) < 4.78 is 7.52. The fourth-order valence-electron chi connectivity index (χ4n) is 2.55. The molecule has 3 rings (SSSR count). The molecule has 0 spiro atoms. The number of aryl methyl sites for hydroxylation is 1. The predicted octanol–water partition coefficient (Wildman–Crippen LogP) is 2.76. The molecule has 5 heteroatoms. The van der Waals surface area contributed by atoms with Crippen LogP contribution in [0.3, 0.4) is 0 Å². The smallest absolute Gasteiger partial charge is 0.246 e. The number of carbonyl (C=O) groups excluding carboxylic acids is 1. The maximum Gasteiger partial charge on any atom is 0.246 e. The van der Waals surface area contributed by atoms with E-state index < -0.39 is 0 Å². The summed E-state index contributed by atoms with van der Waals surface area (Å²) in [6.45, 7) is 1.99. The maximum absolute atomic E-state index is 11.8. The topological polar surface area (TPSA) is 56.1 Å². The lowest BCUT2D eigenvalue weighted by molar-refractivity contribution is -0.126. The zero-order valence-electron chi connectivity index (χ0n) is 13.5. The van der Waals surface area contributed by atoms with Crippen molar-refractivity contribution in [2.45, 2.75) is 19.6 Å². The summed E-state index contributed by atoms with van der Waals surface area (Å²) in [5.74, 6) is -0.0820. The molecule has 0 aliphatic carbocycles. The monoisotopic (exact) mass is 323 g/mol. The molecule has 3 aromatic rings. The van der Waals surface area contributed by atoms with E-state index in [1.807, 2.05) is 54.9 Å². The average molecular weight is 323 g/mol. The molecule has 0 aliphatic heterocycles. The van der Waals surface area contributed by atoms with Crippen molar-refractivity contribution >= 4 is 16.9 Å². The Morgan fingerprint density at radius 2 is 1.88 bits per heavy atom. The number of ether oxygens (including phenoxy) is 1. The molecule has 0 bridgehead atoms. The van der Waals surface area contributed by atoms with Crippen molar-refractivity contribution in [2.75, 3.05) is 13.2 Å². The standard InChI is InChI=1S/C19H21N3O2/c23-19(14-24-13-16-7-2-1-3-8-16)20-11-6-12-22-15-21-17-9-4-5-10-18(17)22/h1-5,7-10,15H,6,11-14H2,(H,20,23). The lowest BCUT2D eigenvalue weighted by atomic mass is 10.2. The highest BCUT2D eigenvalue weighted by Crippen LogP contribution is 2.11. The summed E-state index contributed by atoms with van der Waals surface area (Å²) in [5, 5.41) is 2.88. The highest BCUT2D eigenvalue weighted by Gasteiger charge is 2.03. The molecule has 1 aromatic heterocycles. The van der Waals surface area contributed by atoms with Crippen LogP contribution >= 0.6 is 0 Å². The Kier molecular flexibility index (Phi) is 5.58. The predicted molar refractivity (Wildman–Crippen MR) is 93.5 cm³/mol. The third-order valence-electron chi connectivity index (χ3n) is 3.77. The van der Waals surface area contributed by atoms with Crippen LogP contribution in [0.4, 0.5) is 0 Å². The molecular formula is C19H21N3O2. The van der Waals surface area contributed by atoms with Crippen LogP contribution in [0, 0.1) is 0 Å². The van der Waals surface area contributed by atoms with Gasteiger partial charge in [-0.3, -0.25) is 4.79 Å². The lowest BCUT2D eigenvalue weighted by Gasteiger charge is -2.07. The van der Waals surface area contributed by atoms with Gasteiger partial charge in [-0.25, -0.2) is 4.98 Å². The van der Waals surface area contributed by atoms with Crippen molar-refractivity contribution in [1.29, 1.82) is 0 Å². The Hall–Kier alpha value is -2.66. The average Bonchev–Trinajstić information content (AvgIpc) is 3.03. The fourth-order valence-corrected chi connectivity index (χ4v) is 2.55. The lowest BCUT2D eigenvalue weighted by Crippen LogP contribution is -2.29. The van der Waals surface area contributed by atoms with Crippen molar-refractivity contribution in [3.63, 3.8) is 0 Å². The largest absolute Gasteiger partial charge is 0.367 e. The number of nitrogens with one attached hydrogen (secondary N) is 1. The van der Waals surface area contributed by atoms with Gasteiger partial charge >= 0.3 is 0 Å². The third kappa shape index (κ3) is 4.43. The number of amides is 1. The Morgan fingerprint density at radius 3 is 2.75 bits per heavy atom. The molecule has 124 valence electrons. The molecule has 0 saturated carbocycles. The fraction of sp³-hybridized carbons (Fsp3) is 0.263. The van der Waals surface area contributed by atoms with Crippen molar-refractivity contribution in [3.8, 4) is 0 Å². The van der Waals surface area contributed by atoms with Gasteiger partial charge in [-0.05, 0) is 24.1 Å². The normalized spacial score (nSPS) is 10.8. The number of imidazole rings is 1. The number of fused-ring (bicyclic) bond motifs is 1. The highest BCUT2D eigenvalue weighted by molar-refractivity contribution is 5.77. The number of benzene rings is 2. The molecule has 1 heterocycles. The van der Waals surface area contributed by atoms with Crippen molar-refractivity contribution in [1.82, 2.24) is 14.9 Å². The van der Waals surface area contributed by atoms with E-state index >= 15 is 0 Å². The molecule has 2 aromatic carbocycles. The van der Waals surface area contributed by atoms with E-state index in [9.17, 15) is 4.79 Å². The highest BCUT2D eigenvalue weighted by atomic mass is 16.5. The van der Waals surface area contributed by atoms with Gasteiger partial charge in [0.1, 0.15) is 6.61 Å². The van der Waals surface area contributed by atoms with E-state index in [1.165, 1.54) is 0 Å². The molecule has 1 N–H and O–H groups in total. The van der Waals surface area contributed by atoms with E-state index in [2.05, 4.69) is 20.9 Å². The Morgan fingerprint density at radius 1 is 1.08 bits per heavy atom. The molecule has 0 fully saturated rings. The number of nitrogens with zero attached hydrogens (tertiary/aromatic N) is 2. The molecule has 5 nitrogen and oxygen atoms in total. The van der Waals surface area contributed by atoms with Crippen molar-refractivity contribution in [3.05, 3.63) is 66.5 Å². The summed E-state index contributed by atoms with van der Waals surface area (Å²) >= 11 is 0. The first-order valence-electron chi connectivity index (χ1n) is 8.11. The number of rotatable bonds is 8. The second kappa shape index (κ2) is 8.26. The molecule has 1 amide bonds. The zero-order chi connectivity index (χ0) is 16.6. The SMILES string of the molecule is O=C(COCc1ccccc1)NCCCn1cnc2ccccc21. The maximum atomic E-state index is 11.8. The number of hydrogen-bond acceptors (Lipinski definition) is 3. The van der Waals surface area contributed by atoms with Gasteiger partial charge < -0.3 is 14.6 Å². The van der Waals surface area contributed by atoms with Crippen LogP contribution in [0.15, 0.2) is 60.9 Å². The van der Waals surface area contributed by atoms with Crippen LogP contribution in [-0.2, 0) is 22.7 Å². The summed E-state index contributed by atoms with van der Waals surface area (Å²) in [7, 11) is 0. The number of para-hydroxylation sites is 2. The van der Waals surface area contributed by atoms with Crippen molar-refractivity contribution < 1.29 is 9.53 Å². The van der Waals surface area contributed by atoms with Crippen LogP contribution in [0.5, 0.6) is 0 Å². The first-order valence-corrected chi connectivity index (χ1v) is 8.11.